The lowest BCUT2D eigenvalue weighted by Gasteiger charge is -2.39. The number of carbonyl (C=O) groups is 1. The van der Waals surface area contributed by atoms with Gasteiger partial charge in [-0.2, -0.15) is 18.2 Å². The number of nitrogens with one attached hydrogen (secondary N) is 3. The van der Waals surface area contributed by atoms with Crippen LogP contribution in [0.2, 0.25) is 0 Å². The second-order valence-electron chi connectivity index (χ2n) is 11.5. The summed E-state index contributed by atoms with van der Waals surface area (Å²) in [5, 5.41) is 21.0. The maximum atomic E-state index is 13.3. The van der Waals surface area contributed by atoms with Gasteiger partial charge in [0.25, 0.3) is 5.56 Å². The average molecular weight is 638 g/mol. The van der Waals surface area contributed by atoms with Crippen LogP contribution in [0.25, 0.3) is 16.9 Å². The maximum Gasteiger partial charge on any atom is 0.471 e. The number of alkyl halides is 3. The number of aromatic nitrogens is 5. The lowest BCUT2D eigenvalue weighted by atomic mass is 9.98. The number of allylic oxidation sites excluding steroid dienone is 1. The van der Waals surface area contributed by atoms with Crippen LogP contribution in [0.4, 0.5) is 30.5 Å². The monoisotopic (exact) mass is 637 g/mol. The predicted molar refractivity (Wildman–Crippen MR) is 166 cm³/mol. The van der Waals surface area contributed by atoms with E-state index in [4.69, 9.17) is 4.98 Å². The number of pyridine rings is 1. The van der Waals surface area contributed by atoms with E-state index < -0.39 is 17.7 Å². The molecular weight excluding hydrogens is 603 g/mol. The minimum atomic E-state index is -4.84. The van der Waals surface area contributed by atoms with Gasteiger partial charge in [-0.1, -0.05) is 19.1 Å². The van der Waals surface area contributed by atoms with E-state index in [1.165, 1.54) is 10.9 Å². The van der Waals surface area contributed by atoms with Crippen molar-refractivity contribution < 1.29 is 23.1 Å². The maximum absolute atomic E-state index is 13.3. The second kappa shape index (κ2) is 12.2. The summed E-state index contributed by atoms with van der Waals surface area (Å²) in [6.07, 6.45) is 0.112. The van der Waals surface area contributed by atoms with E-state index in [1.54, 1.807) is 10.8 Å². The van der Waals surface area contributed by atoms with Gasteiger partial charge in [0, 0.05) is 49.8 Å². The SMILES string of the molecule is C=CCn1c(=O)c2cnc(Nc3ccc(NCCNC4CN(C(=O)C(F)(F)F)C4)cc3)nc2n1-c1ccc2c(n1)[C@](O)(CC)CC2. The summed E-state index contributed by atoms with van der Waals surface area (Å²) in [5.74, 6) is -1.07. The van der Waals surface area contributed by atoms with E-state index in [2.05, 4.69) is 32.5 Å². The number of carbonyl (C=O) groups excluding carboxylic acids is 1. The Bertz CT molecular complexity index is 1830. The molecule has 4 N–H and O–H groups in total. The van der Waals surface area contributed by atoms with Gasteiger partial charge in [-0.05, 0) is 55.2 Å². The van der Waals surface area contributed by atoms with Crippen LogP contribution >= 0.6 is 0 Å². The van der Waals surface area contributed by atoms with Crippen LogP contribution in [-0.4, -0.2) is 78.6 Å². The third-order valence-electron chi connectivity index (χ3n) is 8.43. The van der Waals surface area contributed by atoms with Crippen LogP contribution in [-0.2, 0) is 23.4 Å². The molecule has 1 aliphatic carbocycles. The first kappa shape index (κ1) is 31.2. The largest absolute Gasteiger partial charge is 0.471 e. The first-order valence-corrected chi connectivity index (χ1v) is 15.0. The molecule has 1 aliphatic heterocycles. The zero-order valence-electron chi connectivity index (χ0n) is 25.1. The average Bonchev–Trinajstić information content (AvgIpc) is 3.49. The number of anilines is 3. The van der Waals surface area contributed by atoms with Crippen molar-refractivity contribution in [1.82, 2.24) is 34.5 Å². The summed E-state index contributed by atoms with van der Waals surface area (Å²) >= 11 is 0. The Balaban J connectivity index is 1.13. The summed E-state index contributed by atoms with van der Waals surface area (Å²) in [6, 6.07) is 11.0. The van der Waals surface area contributed by atoms with Gasteiger partial charge in [0.05, 0.1) is 12.2 Å². The highest BCUT2D eigenvalue weighted by Crippen LogP contribution is 2.38. The molecule has 46 heavy (non-hydrogen) atoms. The molecule has 15 heteroatoms. The smallest absolute Gasteiger partial charge is 0.384 e. The minimum Gasteiger partial charge on any atom is -0.384 e. The molecular formula is C31H34F3N9O3. The van der Waals surface area contributed by atoms with Crippen LogP contribution in [0.3, 0.4) is 0 Å². The Labute approximate surface area is 261 Å². The van der Waals surface area contributed by atoms with E-state index in [0.717, 1.165) is 22.6 Å². The number of rotatable bonds is 11. The molecule has 0 saturated carbocycles. The molecule has 1 atom stereocenters. The van der Waals surface area contributed by atoms with E-state index >= 15 is 0 Å². The number of hydrogen-bond donors (Lipinski definition) is 4. The lowest BCUT2D eigenvalue weighted by Crippen LogP contribution is -2.62. The van der Waals surface area contributed by atoms with Crippen LogP contribution in [0, 0.1) is 0 Å². The summed E-state index contributed by atoms with van der Waals surface area (Å²) in [4.78, 5) is 39.2. The number of hydrogen-bond acceptors (Lipinski definition) is 9. The van der Waals surface area contributed by atoms with Gasteiger partial charge >= 0.3 is 12.1 Å². The number of benzene rings is 1. The number of aryl methyl sites for hydroxylation is 1. The van der Waals surface area contributed by atoms with Crippen molar-refractivity contribution in [3.05, 3.63) is 76.9 Å². The summed E-state index contributed by atoms with van der Waals surface area (Å²) < 4.78 is 40.6. The van der Waals surface area contributed by atoms with Gasteiger partial charge in [0.15, 0.2) is 11.5 Å². The van der Waals surface area contributed by atoms with Crippen molar-refractivity contribution in [2.24, 2.45) is 0 Å². The molecule has 0 bridgehead atoms. The molecule has 12 nitrogen and oxygen atoms in total. The fourth-order valence-electron chi connectivity index (χ4n) is 5.85. The molecule has 242 valence electrons. The van der Waals surface area contributed by atoms with Gasteiger partial charge in [-0.15, -0.1) is 6.58 Å². The Morgan fingerprint density at radius 3 is 2.57 bits per heavy atom. The molecule has 3 aromatic heterocycles. The van der Waals surface area contributed by atoms with E-state index in [0.29, 0.717) is 54.2 Å². The van der Waals surface area contributed by atoms with Crippen molar-refractivity contribution in [2.45, 2.75) is 50.6 Å². The molecule has 6 rings (SSSR count). The predicted octanol–water partition coefficient (Wildman–Crippen LogP) is 3.23. The summed E-state index contributed by atoms with van der Waals surface area (Å²) in [5.41, 5.74) is 2.20. The molecule has 4 aromatic rings. The molecule has 1 fully saturated rings. The van der Waals surface area contributed by atoms with E-state index in [1.807, 2.05) is 43.3 Å². The highest BCUT2D eigenvalue weighted by atomic mass is 19.4. The van der Waals surface area contributed by atoms with Gasteiger partial charge in [0.2, 0.25) is 5.95 Å². The van der Waals surface area contributed by atoms with Crippen LogP contribution in [0.5, 0.6) is 0 Å². The quantitative estimate of drug-likeness (QED) is 0.144. The molecule has 4 heterocycles. The Morgan fingerprint density at radius 2 is 1.87 bits per heavy atom. The van der Waals surface area contributed by atoms with Gasteiger partial charge < -0.3 is 26.0 Å². The van der Waals surface area contributed by atoms with Crippen molar-refractivity contribution in [3.63, 3.8) is 0 Å². The summed E-state index contributed by atoms with van der Waals surface area (Å²) in [7, 11) is 0. The molecule has 1 aromatic carbocycles. The van der Waals surface area contributed by atoms with Gasteiger partial charge in [-0.3, -0.25) is 9.59 Å². The number of nitrogens with zero attached hydrogens (tertiary/aromatic N) is 6. The fraction of sp³-hybridized carbons (Fsp3) is 0.387. The van der Waals surface area contributed by atoms with Gasteiger partial charge in [0.1, 0.15) is 11.0 Å². The standard InChI is InChI=1S/C31H34F3N9O3/c1-3-15-42-27(44)23-16-37-29(40-26(23)43(42)24-10-5-19-11-12-30(46,4-2)25(19)39-24)38-21-8-6-20(7-9-21)35-13-14-36-22-17-41(18-22)28(45)31(32,33)34/h3,5-10,16,22,35-36,46H,1,4,11-15,17-18H2,2H3,(H,37,38,40)/t30-/m0/s1. The van der Waals surface area contributed by atoms with Gasteiger partial charge in [-0.25, -0.2) is 19.3 Å². The second-order valence-corrected chi connectivity index (χ2v) is 11.5. The Hall–Kier alpha value is -4.76. The van der Waals surface area contributed by atoms with Crippen molar-refractivity contribution in [2.75, 3.05) is 36.8 Å². The Morgan fingerprint density at radius 1 is 1.13 bits per heavy atom. The normalized spacial score (nSPS) is 18.0. The lowest BCUT2D eigenvalue weighted by molar-refractivity contribution is -0.190. The first-order chi connectivity index (χ1) is 22.0. The fourth-order valence-corrected chi connectivity index (χ4v) is 5.85. The molecule has 1 saturated heterocycles. The minimum absolute atomic E-state index is 0.0354. The number of amides is 1. The van der Waals surface area contributed by atoms with E-state index in [9.17, 15) is 27.9 Å². The van der Waals surface area contributed by atoms with E-state index in [-0.39, 0.29) is 37.2 Å². The number of likely N-dealkylation sites (tertiary alicyclic amines) is 1. The number of halogens is 3. The van der Waals surface area contributed by atoms with Crippen molar-refractivity contribution >= 4 is 34.3 Å². The third-order valence-corrected chi connectivity index (χ3v) is 8.43. The zero-order valence-corrected chi connectivity index (χ0v) is 25.1. The molecule has 0 spiro atoms. The van der Waals surface area contributed by atoms with Crippen LogP contribution in [0.1, 0.15) is 31.0 Å². The Kier molecular flexibility index (Phi) is 8.29. The molecule has 0 radical (unpaired) electrons. The topological polar surface area (TPSA) is 142 Å². The highest BCUT2D eigenvalue weighted by molar-refractivity contribution is 5.82. The number of fused-ring (bicyclic) bond motifs is 2. The third kappa shape index (κ3) is 5.95. The molecule has 2 aliphatic rings. The highest BCUT2D eigenvalue weighted by Gasteiger charge is 2.46. The molecule has 1 amide bonds. The zero-order chi connectivity index (χ0) is 32.6. The van der Waals surface area contributed by atoms with Crippen molar-refractivity contribution in [1.29, 1.82) is 0 Å². The van der Waals surface area contributed by atoms with Crippen LogP contribution in [0.15, 0.2) is 60.0 Å². The first-order valence-electron chi connectivity index (χ1n) is 15.0. The molecule has 0 unspecified atom stereocenters. The number of aliphatic hydroxyl groups is 1. The van der Waals surface area contributed by atoms with Crippen molar-refractivity contribution in [3.8, 4) is 5.82 Å². The van der Waals surface area contributed by atoms with Crippen LogP contribution < -0.4 is 21.5 Å². The summed E-state index contributed by atoms with van der Waals surface area (Å²) in [6.45, 7) is 7.05.